The van der Waals surface area contributed by atoms with E-state index in [2.05, 4.69) is 20.2 Å². The number of aromatic nitrogens is 7. The van der Waals surface area contributed by atoms with E-state index in [4.69, 9.17) is 4.74 Å². The van der Waals surface area contributed by atoms with Gasteiger partial charge in [0.05, 0.1) is 47.4 Å². The van der Waals surface area contributed by atoms with Crippen molar-refractivity contribution in [2.75, 3.05) is 0 Å². The van der Waals surface area contributed by atoms with E-state index in [9.17, 15) is 4.79 Å². The normalized spacial score (nSPS) is 11.4. The Kier molecular flexibility index (Phi) is 4.88. The Morgan fingerprint density at radius 2 is 1.80 bits per heavy atom. The fraction of sp³-hybridized carbons (Fsp3) is 0.115. The van der Waals surface area contributed by atoms with Crippen molar-refractivity contribution in [2.45, 2.75) is 6.54 Å². The van der Waals surface area contributed by atoms with Crippen molar-refractivity contribution in [3.05, 3.63) is 95.6 Å². The molecule has 4 heterocycles. The molecule has 172 valence electrons. The van der Waals surface area contributed by atoms with Gasteiger partial charge in [-0.3, -0.25) is 23.7 Å². The lowest BCUT2D eigenvalue weighted by atomic mass is 10.1. The van der Waals surface area contributed by atoms with Crippen LogP contribution in [0.15, 0.2) is 84.4 Å². The predicted molar refractivity (Wildman–Crippen MR) is 132 cm³/mol. The lowest BCUT2D eigenvalue weighted by Crippen LogP contribution is -2.21. The zero-order chi connectivity index (χ0) is 23.9. The molecule has 0 aliphatic rings. The molecule has 6 rings (SSSR count). The van der Waals surface area contributed by atoms with E-state index in [0.717, 1.165) is 27.7 Å². The van der Waals surface area contributed by atoms with Gasteiger partial charge in [-0.15, -0.1) is 0 Å². The monoisotopic (exact) mass is 463 g/mol. The minimum Gasteiger partial charge on any atom is -0.457 e. The molecule has 0 radical (unpaired) electrons. The first-order valence-corrected chi connectivity index (χ1v) is 11.1. The molecule has 4 aromatic heterocycles. The minimum absolute atomic E-state index is 0.128. The highest BCUT2D eigenvalue weighted by molar-refractivity contribution is 5.80. The van der Waals surface area contributed by atoms with Gasteiger partial charge in [-0.05, 0) is 35.9 Å². The number of nitrogens with zero attached hydrogens (tertiary/aromatic N) is 7. The van der Waals surface area contributed by atoms with Crippen molar-refractivity contribution in [1.82, 2.24) is 34.1 Å². The van der Waals surface area contributed by atoms with E-state index in [1.807, 2.05) is 55.4 Å². The Labute approximate surface area is 199 Å². The number of pyridine rings is 1. The molecule has 0 aliphatic carbocycles. The third-order valence-corrected chi connectivity index (χ3v) is 5.93. The fourth-order valence-electron chi connectivity index (χ4n) is 4.12. The summed E-state index contributed by atoms with van der Waals surface area (Å²) in [7, 11) is 3.76. The minimum atomic E-state index is -0.128. The number of aryl methyl sites for hydroxylation is 2. The molecule has 0 spiro atoms. The van der Waals surface area contributed by atoms with Gasteiger partial charge in [-0.2, -0.15) is 10.2 Å². The summed E-state index contributed by atoms with van der Waals surface area (Å²) < 4.78 is 11.2. The maximum absolute atomic E-state index is 13.3. The van der Waals surface area contributed by atoms with Gasteiger partial charge in [0.25, 0.3) is 5.56 Å². The first-order chi connectivity index (χ1) is 17.0. The molecule has 9 nitrogen and oxygen atoms in total. The first kappa shape index (κ1) is 20.8. The van der Waals surface area contributed by atoms with Gasteiger partial charge in [0.1, 0.15) is 11.5 Å². The first-order valence-electron chi connectivity index (χ1n) is 11.1. The highest BCUT2D eigenvalue weighted by atomic mass is 16.5. The van der Waals surface area contributed by atoms with Gasteiger partial charge in [0.15, 0.2) is 0 Å². The maximum atomic E-state index is 13.3. The average molecular weight is 464 g/mol. The molecular weight excluding hydrogens is 442 g/mol. The third kappa shape index (κ3) is 3.93. The molecule has 0 fully saturated rings. The average Bonchev–Trinajstić information content (AvgIpc) is 3.47. The Morgan fingerprint density at radius 1 is 0.914 bits per heavy atom. The van der Waals surface area contributed by atoms with Crippen LogP contribution in [0.2, 0.25) is 0 Å². The van der Waals surface area contributed by atoms with E-state index in [1.165, 1.54) is 0 Å². The SMILES string of the molecule is Cn1cc(-c2cc(Oc3ccc4ncn(Cc5ccc6cnn(C)c6c5)c(=O)c4c3)ccn2)cn1. The predicted octanol–water partition coefficient (Wildman–Crippen LogP) is 3.92. The maximum Gasteiger partial charge on any atom is 0.261 e. The highest BCUT2D eigenvalue weighted by Gasteiger charge is 2.10. The zero-order valence-corrected chi connectivity index (χ0v) is 19.2. The van der Waals surface area contributed by atoms with Gasteiger partial charge < -0.3 is 4.74 Å². The lowest BCUT2D eigenvalue weighted by molar-refractivity contribution is 0.483. The van der Waals surface area contributed by atoms with Crippen LogP contribution in [0.25, 0.3) is 33.1 Å². The Morgan fingerprint density at radius 3 is 2.66 bits per heavy atom. The molecule has 0 saturated carbocycles. The summed E-state index contributed by atoms with van der Waals surface area (Å²) in [5.41, 5.74) is 4.15. The van der Waals surface area contributed by atoms with Crippen LogP contribution < -0.4 is 10.3 Å². The lowest BCUT2D eigenvalue weighted by Gasteiger charge is -2.10. The van der Waals surface area contributed by atoms with Gasteiger partial charge in [-0.25, -0.2) is 4.98 Å². The van der Waals surface area contributed by atoms with Crippen molar-refractivity contribution >= 4 is 21.8 Å². The van der Waals surface area contributed by atoms with Crippen LogP contribution in [0.3, 0.4) is 0 Å². The molecule has 9 heteroatoms. The number of hydrogen-bond acceptors (Lipinski definition) is 6. The van der Waals surface area contributed by atoms with Gasteiger partial charge in [-0.1, -0.05) is 12.1 Å². The summed E-state index contributed by atoms with van der Waals surface area (Å²) in [5, 5.41) is 10.0. The van der Waals surface area contributed by atoms with Gasteiger partial charge in [0.2, 0.25) is 0 Å². The van der Waals surface area contributed by atoms with Crippen LogP contribution in [0.4, 0.5) is 0 Å². The van der Waals surface area contributed by atoms with Crippen LogP contribution in [0, 0.1) is 0 Å². The van der Waals surface area contributed by atoms with Crippen LogP contribution in [-0.4, -0.2) is 34.1 Å². The fourth-order valence-corrected chi connectivity index (χ4v) is 4.12. The summed E-state index contributed by atoms with van der Waals surface area (Å²) in [6.45, 7) is 0.410. The molecule has 6 aromatic rings. The molecule has 35 heavy (non-hydrogen) atoms. The quantitative estimate of drug-likeness (QED) is 0.385. The molecule has 0 aliphatic heterocycles. The van der Waals surface area contributed by atoms with E-state index in [1.54, 1.807) is 52.2 Å². The number of hydrogen-bond donors (Lipinski definition) is 0. The summed E-state index contributed by atoms with van der Waals surface area (Å²) >= 11 is 0. The van der Waals surface area contributed by atoms with E-state index >= 15 is 0 Å². The Bertz CT molecular complexity index is 1760. The topological polar surface area (TPSA) is 92.7 Å². The number of ether oxygens (including phenoxy) is 1. The van der Waals surface area contributed by atoms with Crippen LogP contribution in [0.1, 0.15) is 5.56 Å². The number of fused-ring (bicyclic) bond motifs is 2. The second-order valence-corrected chi connectivity index (χ2v) is 8.40. The summed E-state index contributed by atoms with van der Waals surface area (Å²) in [6.07, 6.45) is 8.74. The van der Waals surface area contributed by atoms with Gasteiger partial charge in [0, 0.05) is 43.5 Å². The second-order valence-electron chi connectivity index (χ2n) is 8.40. The van der Waals surface area contributed by atoms with Crippen molar-refractivity contribution < 1.29 is 4.74 Å². The van der Waals surface area contributed by atoms with Crippen LogP contribution in [0.5, 0.6) is 11.5 Å². The molecule has 0 saturated heterocycles. The Balaban J connectivity index is 1.31. The molecular formula is C26H21N7O2. The summed E-state index contributed by atoms with van der Waals surface area (Å²) in [5.74, 6) is 1.17. The summed E-state index contributed by atoms with van der Waals surface area (Å²) in [4.78, 5) is 22.2. The Hall–Kier alpha value is -4.79. The third-order valence-electron chi connectivity index (χ3n) is 5.93. The number of rotatable bonds is 5. The van der Waals surface area contributed by atoms with E-state index in [0.29, 0.717) is 28.9 Å². The van der Waals surface area contributed by atoms with Crippen molar-refractivity contribution in [1.29, 1.82) is 0 Å². The zero-order valence-electron chi connectivity index (χ0n) is 19.2. The number of benzene rings is 2. The largest absolute Gasteiger partial charge is 0.457 e. The second kappa shape index (κ2) is 8.21. The summed E-state index contributed by atoms with van der Waals surface area (Å²) in [6, 6.07) is 15.0. The molecule has 0 unspecified atom stereocenters. The van der Waals surface area contributed by atoms with E-state index < -0.39 is 0 Å². The van der Waals surface area contributed by atoms with Crippen LogP contribution >= 0.6 is 0 Å². The molecule has 0 atom stereocenters. The van der Waals surface area contributed by atoms with Crippen LogP contribution in [-0.2, 0) is 20.6 Å². The highest BCUT2D eigenvalue weighted by Crippen LogP contribution is 2.27. The van der Waals surface area contributed by atoms with E-state index in [-0.39, 0.29) is 5.56 Å². The van der Waals surface area contributed by atoms with Crippen molar-refractivity contribution in [2.24, 2.45) is 14.1 Å². The molecule has 0 amide bonds. The van der Waals surface area contributed by atoms with Gasteiger partial charge >= 0.3 is 0 Å². The van der Waals surface area contributed by atoms with Crippen molar-refractivity contribution in [3.63, 3.8) is 0 Å². The molecule has 0 bridgehead atoms. The van der Waals surface area contributed by atoms with Crippen molar-refractivity contribution in [3.8, 4) is 22.8 Å². The molecule has 0 N–H and O–H groups in total. The standard InChI is InChI=1S/C26H21N7O2/c1-31-15-19(13-29-31)24-11-21(7-8-27-24)35-20-5-6-23-22(10-20)26(34)33(16-28-23)14-17-3-4-18-12-30-32(2)25(18)9-17/h3-13,15-16H,14H2,1-2H3. The smallest absolute Gasteiger partial charge is 0.261 e. The molecule has 2 aromatic carbocycles.